The molecule has 1 heterocycles. The van der Waals surface area contributed by atoms with Crippen LogP contribution in [0.1, 0.15) is 6.92 Å². The van der Waals surface area contributed by atoms with Gasteiger partial charge >= 0.3 is 0 Å². The van der Waals surface area contributed by atoms with Crippen molar-refractivity contribution >= 4 is 34.5 Å². The van der Waals surface area contributed by atoms with E-state index in [2.05, 4.69) is 4.98 Å². The zero-order valence-electron chi connectivity index (χ0n) is 10.3. The molecule has 2 N–H and O–H groups in total. The summed E-state index contributed by atoms with van der Waals surface area (Å²) in [5, 5.41) is 0.494. The highest BCUT2D eigenvalue weighted by Crippen LogP contribution is 2.24. The number of anilines is 1. The van der Waals surface area contributed by atoms with Crippen LogP contribution in [-0.2, 0) is 4.79 Å². The fourth-order valence-electron chi connectivity index (χ4n) is 1.40. The van der Waals surface area contributed by atoms with Gasteiger partial charge < -0.3 is 15.1 Å². The summed E-state index contributed by atoms with van der Waals surface area (Å²) in [6.07, 6.45) is 0. The van der Waals surface area contributed by atoms with E-state index in [4.69, 9.17) is 10.2 Å². The Bertz CT molecular complexity index is 567. The molecular weight excluding hydrogens is 250 g/mol. The summed E-state index contributed by atoms with van der Waals surface area (Å²) in [6.45, 7) is 2.63. The lowest BCUT2D eigenvalue weighted by Gasteiger charge is -2.12. The molecule has 0 fully saturated rings. The summed E-state index contributed by atoms with van der Waals surface area (Å²) < 4.78 is 5.51. The predicted octanol–water partition coefficient (Wildman–Crippen LogP) is 1.98. The van der Waals surface area contributed by atoms with Crippen molar-refractivity contribution in [2.45, 2.75) is 12.1 Å². The SMILES string of the molecule is CCN(C)C(=O)CSc1nc2cc(N)ccc2o1. The van der Waals surface area contributed by atoms with Gasteiger partial charge in [0.2, 0.25) is 5.91 Å². The Balaban J connectivity index is 2.06. The number of nitrogens with two attached hydrogens (primary N) is 1. The van der Waals surface area contributed by atoms with E-state index in [1.807, 2.05) is 6.92 Å². The molecule has 96 valence electrons. The van der Waals surface area contributed by atoms with Gasteiger partial charge in [0, 0.05) is 19.3 Å². The molecule has 0 unspecified atom stereocenters. The number of amides is 1. The Kier molecular flexibility index (Phi) is 3.76. The van der Waals surface area contributed by atoms with Gasteiger partial charge in [0.1, 0.15) is 5.52 Å². The van der Waals surface area contributed by atoms with E-state index in [1.165, 1.54) is 11.8 Å². The topological polar surface area (TPSA) is 72.4 Å². The normalized spacial score (nSPS) is 10.8. The van der Waals surface area contributed by atoms with Gasteiger partial charge in [-0.05, 0) is 25.1 Å². The number of hydrogen-bond donors (Lipinski definition) is 1. The Morgan fingerprint density at radius 2 is 2.33 bits per heavy atom. The van der Waals surface area contributed by atoms with Crippen LogP contribution in [0.3, 0.4) is 0 Å². The molecule has 6 heteroatoms. The van der Waals surface area contributed by atoms with Gasteiger partial charge in [0.05, 0.1) is 5.75 Å². The van der Waals surface area contributed by atoms with E-state index in [9.17, 15) is 4.79 Å². The number of oxazole rings is 1. The molecule has 0 aliphatic carbocycles. The zero-order chi connectivity index (χ0) is 13.1. The predicted molar refractivity (Wildman–Crippen MR) is 72.5 cm³/mol. The first-order valence-corrected chi connectivity index (χ1v) is 6.61. The number of nitrogen functional groups attached to an aromatic ring is 1. The number of fused-ring (bicyclic) bond motifs is 1. The summed E-state index contributed by atoms with van der Waals surface area (Å²) in [6, 6.07) is 5.29. The quantitative estimate of drug-likeness (QED) is 0.676. The lowest BCUT2D eigenvalue weighted by Crippen LogP contribution is -2.27. The number of benzene rings is 1. The minimum Gasteiger partial charge on any atom is -0.431 e. The summed E-state index contributed by atoms with van der Waals surface area (Å²) >= 11 is 1.29. The number of nitrogens with zero attached hydrogens (tertiary/aromatic N) is 2. The smallest absolute Gasteiger partial charge is 0.257 e. The molecule has 0 saturated heterocycles. The first-order chi connectivity index (χ1) is 8.60. The van der Waals surface area contributed by atoms with Crippen molar-refractivity contribution < 1.29 is 9.21 Å². The maximum atomic E-state index is 11.6. The molecule has 0 spiro atoms. The molecule has 2 aromatic rings. The number of aromatic nitrogens is 1. The Morgan fingerprint density at radius 3 is 3.06 bits per heavy atom. The molecule has 0 aliphatic heterocycles. The molecule has 0 bridgehead atoms. The first kappa shape index (κ1) is 12.8. The van der Waals surface area contributed by atoms with Crippen LogP contribution in [-0.4, -0.2) is 35.1 Å². The highest BCUT2D eigenvalue weighted by atomic mass is 32.2. The van der Waals surface area contributed by atoms with Crippen LogP contribution < -0.4 is 5.73 Å². The van der Waals surface area contributed by atoms with Gasteiger partial charge in [0.25, 0.3) is 5.22 Å². The van der Waals surface area contributed by atoms with E-state index in [0.29, 0.717) is 34.3 Å². The standard InChI is InChI=1S/C12H15N3O2S/c1-3-15(2)11(16)7-18-12-14-9-6-8(13)4-5-10(9)17-12/h4-6H,3,7,13H2,1-2H3. The van der Waals surface area contributed by atoms with Gasteiger partial charge in [0.15, 0.2) is 5.58 Å². The maximum absolute atomic E-state index is 11.6. The van der Waals surface area contributed by atoms with Gasteiger partial charge in [-0.25, -0.2) is 4.98 Å². The lowest BCUT2D eigenvalue weighted by atomic mass is 10.3. The third-order valence-corrected chi connectivity index (χ3v) is 3.42. The van der Waals surface area contributed by atoms with Crippen LogP contribution in [0.4, 0.5) is 5.69 Å². The highest BCUT2D eigenvalue weighted by Gasteiger charge is 2.11. The molecule has 1 amide bonds. The molecule has 1 aromatic heterocycles. The average Bonchev–Trinajstić information content (AvgIpc) is 2.76. The summed E-state index contributed by atoms with van der Waals surface area (Å²) in [5.41, 5.74) is 7.71. The van der Waals surface area contributed by atoms with E-state index in [0.717, 1.165) is 0 Å². The molecule has 0 radical (unpaired) electrons. The fourth-order valence-corrected chi connectivity index (χ4v) is 2.17. The average molecular weight is 265 g/mol. The van der Waals surface area contributed by atoms with Gasteiger partial charge in [-0.3, -0.25) is 4.79 Å². The fraction of sp³-hybridized carbons (Fsp3) is 0.333. The highest BCUT2D eigenvalue weighted by molar-refractivity contribution is 7.99. The first-order valence-electron chi connectivity index (χ1n) is 5.63. The number of carbonyl (C=O) groups excluding carboxylic acids is 1. The van der Waals surface area contributed by atoms with Crippen LogP contribution in [0.2, 0.25) is 0 Å². The third-order valence-electron chi connectivity index (χ3n) is 2.61. The van der Waals surface area contributed by atoms with Crippen molar-refractivity contribution in [3.05, 3.63) is 18.2 Å². The second-order valence-corrected chi connectivity index (χ2v) is 4.83. The Hall–Kier alpha value is -1.69. The summed E-state index contributed by atoms with van der Waals surface area (Å²) in [4.78, 5) is 17.6. The molecule has 0 saturated carbocycles. The number of thioether (sulfide) groups is 1. The molecule has 2 rings (SSSR count). The van der Waals surface area contributed by atoms with Gasteiger partial charge in [-0.15, -0.1) is 0 Å². The minimum absolute atomic E-state index is 0.0595. The Labute approximate surface area is 109 Å². The van der Waals surface area contributed by atoms with Gasteiger partial charge in [-0.1, -0.05) is 11.8 Å². The molecule has 0 atom stereocenters. The van der Waals surface area contributed by atoms with Crippen molar-refractivity contribution in [2.24, 2.45) is 0 Å². The van der Waals surface area contributed by atoms with Crippen LogP contribution >= 0.6 is 11.8 Å². The van der Waals surface area contributed by atoms with Crippen molar-refractivity contribution in [1.82, 2.24) is 9.88 Å². The van der Waals surface area contributed by atoms with E-state index in [-0.39, 0.29) is 5.91 Å². The second-order valence-electron chi connectivity index (χ2n) is 3.90. The van der Waals surface area contributed by atoms with Crippen LogP contribution in [0, 0.1) is 0 Å². The van der Waals surface area contributed by atoms with Crippen molar-refractivity contribution in [3.8, 4) is 0 Å². The summed E-state index contributed by atoms with van der Waals surface area (Å²) in [7, 11) is 1.77. The number of rotatable bonds is 4. The van der Waals surface area contributed by atoms with Crippen molar-refractivity contribution in [1.29, 1.82) is 0 Å². The molecule has 18 heavy (non-hydrogen) atoms. The van der Waals surface area contributed by atoms with Crippen molar-refractivity contribution in [3.63, 3.8) is 0 Å². The van der Waals surface area contributed by atoms with E-state index in [1.54, 1.807) is 30.1 Å². The molecule has 1 aromatic carbocycles. The third kappa shape index (κ3) is 2.76. The van der Waals surface area contributed by atoms with E-state index < -0.39 is 0 Å². The largest absolute Gasteiger partial charge is 0.431 e. The number of hydrogen-bond acceptors (Lipinski definition) is 5. The minimum atomic E-state index is 0.0595. The number of carbonyl (C=O) groups is 1. The maximum Gasteiger partial charge on any atom is 0.257 e. The summed E-state index contributed by atoms with van der Waals surface area (Å²) in [5.74, 6) is 0.386. The molecular formula is C12H15N3O2S. The molecule has 0 aliphatic rings. The molecule has 5 nitrogen and oxygen atoms in total. The van der Waals surface area contributed by atoms with Crippen LogP contribution in [0.25, 0.3) is 11.1 Å². The zero-order valence-corrected chi connectivity index (χ0v) is 11.2. The lowest BCUT2D eigenvalue weighted by molar-refractivity contribution is -0.126. The Morgan fingerprint density at radius 1 is 1.56 bits per heavy atom. The van der Waals surface area contributed by atoms with E-state index >= 15 is 0 Å². The second kappa shape index (κ2) is 5.30. The van der Waals surface area contributed by atoms with Crippen LogP contribution in [0.15, 0.2) is 27.8 Å². The monoisotopic (exact) mass is 265 g/mol. The van der Waals surface area contributed by atoms with Crippen molar-refractivity contribution in [2.75, 3.05) is 25.1 Å². The van der Waals surface area contributed by atoms with Gasteiger partial charge in [-0.2, -0.15) is 0 Å². The van der Waals surface area contributed by atoms with Crippen LogP contribution in [0.5, 0.6) is 0 Å².